The summed E-state index contributed by atoms with van der Waals surface area (Å²) < 4.78 is 26.1. The van der Waals surface area contributed by atoms with Crippen LogP contribution in [0.25, 0.3) is 0 Å². The molecule has 2 N–H and O–H groups in total. The maximum absolute atomic E-state index is 12.4. The summed E-state index contributed by atoms with van der Waals surface area (Å²) in [6.45, 7) is 4.67. The predicted molar refractivity (Wildman–Crippen MR) is 86.2 cm³/mol. The van der Waals surface area contributed by atoms with Crippen LogP contribution in [0, 0.1) is 5.92 Å². The molecule has 0 saturated carbocycles. The molecule has 0 atom stereocenters. The molecule has 0 aromatic heterocycles. The Hall–Kier alpha value is -0.980. The van der Waals surface area contributed by atoms with Crippen molar-refractivity contribution in [2.45, 2.75) is 31.6 Å². The molecule has 0 heterocycles. The quantitative estimate of drug-likeness (QED) is 0.784. The number of sulfonamides is 1. The van der Waals surface area contributed by atoms with Crippen LogP contribution in [0.3, 0.4) is 0 Å². The van der Waals surface area contributed by atoms with Crippen molar-refractivity contribution in [2.24, 2.45) is 11.7 Å². The normalized spacial score (nSPS) is 12.1. The Morgan fingerprint density at radius 1 is 1.30 bits per heavy atom. The minimum absolute atomic E-state index is 0.301. The van der Waals surface area contributed by atoms with Gasteiger partial charge in [-0.3, -0.25) is 0 Å². The largest absolute Gasteiger partial charge is 0.393 e. The molecule has 4 nitrogen and oxygen atoms in total. The molecule has 0 aliphatic rings. The molecule has 1 aromatic rings. The van der Waals surface area contributed by atoms with Crippen molar-refractivity contribution >= 4 is 27.2 Å². The molecule has 0 amide bonds. The van der Waals surface area contributed by atoms with Crippen molar-refractivity contribution in [3.05, 3.63) is 29.8 Å². The zero-order valence-corrected chi connectivity index (χ0v) is 13.8. The van der Waals surface area contributed by atoms with Gasteiger partial charge in [-0.2, -0.15) is 0 Å². The van der Waals surface area contributed by atoms with Crippen LogP contribution >= 0.6 is 12.2 Å². The lowest BCUT2D eigenvalue weighted by molar-refractivity contribution is 0.428. The number of nitrogens with zero attached hydrogens (tertiary/aromatic N) is 1. The molecule has 112 valence electrons. The fourth-order valence-corrected chi connectivity index (χ4v) is 3.07. The van der Waals surface area contributed by atoms with Gasteiger partial charge in [0.1, 0.15) is 0 Å². The zero-order chi connectivity index (χ0) is 15.3. The van der Waals surface area contributed by atoms with Crippen LogP contribution in [-0.4, -0.2) is 31.3 Å². The van der Waals surface area contributed by atoms with Crippen LogP contribution in [0.4, 0.5) is 0 Å². The van der Waals surface area contributed by atoms with E-state index in [1.54, 1.807) is 31.3 Å². The van der Waals surface area contributed by atoms with Gasteiger partial charge in [0.15, 0.2) is 0 Å². The molecular formula is C14H22N2O2S2. The maximum Gasteiger partial charge on any atom is 0.242 e. The van der Waals surface area contributed by atoms with Crippen molar-refractivity contribution in [3.8, 4) is 0 Å². The van der Waals surface area contributed by atoms with E-state index >= 15 is 0 Å². The number of hydrogen-bond acceptors (Lipinski definition) is 3. The minimum atomic E-state index is -3.41. The maximum atomic E-state index is 12.4. The lowest BCUT2D eigenvalue weighted by Gasteiger charge is -2.18. The summed E-state index contributed by atoms with van der Waals surface area (Å²) in [6, 6.07) is 6.72. The van der Waals surface area contributed by atoms with E-state index in [0.29, 0.717) is 28.8 Å². The van der Waals surface area contributed by atoms with Crippen LogP contribution in [0.5, 0.6) is 0 Å². The fourth-order valence-electron chi connectivity index (χ4n) is 1.72. The highest BCUT2D eigenvalue weighted by Crippen LogP contribution is 2.16. The first-order valence-electron chi connectivity index (χ1n) is 6.57. The summed E-state index contributed by atoms with van der Waals surface area (Å²) in [7, 11) is -1.80. The number of hydrogen-bond donors (Lipinski definition) is 1. The molecule has 0 aliphatic heterocycles. The Labute approximate surface area is 127 Å². The van der Waals surface area contributed by atoms with E-state index in [0.717, 1.165) is 12.0 Å². The lowest BCUT2D eigenvalue weighted by Crippen LogP contribution is -2.28. The molecule has 0 fully saturated rings. The Balaban J connectivity index is 2.84. The van der Waals surface area contributed by atoms with Gasteiger partial charge in [-0.1, -0.05) is 38.2 Å². The number of rotatable bonds is 7. The van der Waals surface area contributed by atoms with E-state index < -0.39 is 10.0 Å². The molecule has 0 radical (unpaired) electrons. The van der Waals surface area contributed by atoms with Crippen LogP contribution in [0.2, 0.25) is 0 Å². The molecule has 1 rings (SSSR count). The first kappa shape index (κ1) is 17.1. The van der Waals surface area contributed by atoms with E-state index in [2.05, 4.69) is 13.8 Å². The molecule has 0 spiro atoms. The Morgan fingerprint density at radius 2 is 1.85 bits per heavy atom. The monoisotopic (exact) mass is 314 g/mol. The summed E-state index contributed by atoms with van der Waals surface area (Å²) in [4.78, 5) is 0.699. The number of benzene rings is 1. The van der Waals surface area contributed by atoms with Crippen molar-refractivity contribution in [1.29, 1.82) is 0 Å². The first-order chi connectivity index (χ1) is 9.23. The van der Waals surface area contributed by atoms with Gasteiger partial charge >= 0.3 is 0 Å². The molecule has 1 aromatic carbocycles. The van der Waals surface area contributed by atoms with Crippen molar-refractivity contribution in [2.75, 3.05) is 13.6 Å². The Morgan fingerprint density at radius 3 is 2.30 bits per heavy atom. The molecule has 0 unspecified atom stereocenters. The molecule has 6 heteroatoms. The lowest BCUT2D eigenvalue weighted by atomic mass is 10.1. The number of thiocarbonyl (C=S) groups is 1. The van der Waals surface area contributed by atoms with Gasteiger partial charge < -0.3 is 5.73 Å². The second-order valence-electron chi connectivity index (χ2n) is 5.30. The van der Waals surface area contributed by atoms with Gasteiger partial charge in [0, 0.05) is 20.0 Å². The highest BCUT2D eigenvalue weighted by atomic mass is 32.2. The summed E-state index contributed by atoms with van der Waals surface area (Å²) in [5.41, 5.74) is 6.39. The highest BCUT2D eigenvalue weighted by molar-refractivity contribution is 7.89. The number of nitrogens with two attached hydrogens (primary N) is 1. The second-order valence-corrected chi connectivity index (χ2v) is 7.87. The molecule has 0 aliphatic carbocycles. The molecule has 0 saturated heterocycles. The summed E-state index contributed by atoms with van der Waals surface area (Å²) in [6.07, 6.45) is 1.33. The predicted octanol–water partition coefficient (Wildman–Crippen LogP) is 2.18. The van der Waals surface area contributed by atoms with E-state index in [1.165, 1.54) is 4.31 Å². The molecular weight excluding hydrogens is 292 g/mol. The SMILES string of the molecule is CC(C)CCN(C)S(=O)(=O)c1ccc(CC(N)=S)cc1. The molecule has 0 bridgehead atoms. The molecule has 20 heavy (non-hydrogen) atoms. The minimum Gasteiger partial charge on any atom is -0.393 e. The fraction of sp³-hybridized carbons (Fsp3) is 0.500. The van der Waals surface area contributed by atoms with Gasteiger partial charge in [0.05, 0.1) is 9.88 Å². The van der Waals surface area contributed by atoms with Crippen molar-refractivity contribution in [3.63, 3.8) is 0 Å². The van der Waals surface area contributed by atoms with Crippen LogP contribution in [0.1, 0.15) is 25.8 Å². The summed E-state index contributed by atoms with van der Waals surface area (Å²) in [5.74, 6) is 0.473. The van der Waals surface area contributed by atoms with E-state index in [1.807, 2.05) is 0 Å². The average Bonchev–Trinajstić information content (AvgIpc) is 2.35. The van der Waals surface area contributed by atoms with Gasteiger partial charge in [-0.05, 0) is 30.0 Å². The third-order valence-electron chi connectivity index (χ3n) is 3.03. The standard InChI is InChI=1S/C14H22N2O2S2/c1-11(2)8-9-16(3)20(17,18)13-6-4-12(5-7-13)10-14(15)19/h4-7,11H,8-10H2,1-3H3,(H2,15,19). The van der Waals surface area contributed by atoms with Crippen LogP contribution in [-0.2, 0) is 16.4 Å². The summed E-state index contributed by atoms with van der Waals surface area (Å²) in [5, 5.41) is 0. The topological polar surface area (TPSA) is 63.4 Å². The Bertz CT molecular complexity index is 551. The van der Waals surface area contributed by atoms with Gasteiger partial charge in [0.2, 0.25) is 10.0 Å². The zero-order valence-electron chi connectivity index (χ0n) is 12.2. The van der Waals surface area contributed by atoms with Gasteiger partial charge in [-0.25, -0.2) is 12.7 Å². The van der Waals surface area contributed by atoms with Crippen LogP contribution < -0.4 is 5.73 Å². The smallest absolute Gasteiger partial charge is 0.242 e. The third kappa shape index (κ3) is 4.85. The first-order valence-corrected chi connectivity index (χ1v) is 8.42. The highest BCUT2D eigenvalue weighted by Gasteiger charge is 2.20. The van der Waals surface area contributed by atoms with E-state index in [4.69, 9.17) is 18.0 Å². The van der Waals surface area contributed by atoms with Crippen molar-refractivity contribution in [1.82, 2.24) is 4.31 Å². The van der Waals surface area contributed by atoms with Crippen molar-refractivity contribution < 1.29 is 8.42 Å². The van der Waals surface area contributed by atoms with Crippen LogP contribution in [0.15, 0.2) is 29.2 Å². The average molecular weight is 314 g/mol. The van der Waals surface area contributed by atoms with Gasteiger partial charge in [-0.15, -0.1) is 0 Å². The van der Waals surface area contributed by atoms with Gasteiger partial charge in [0.25, 0.3) is 0 Å². The van der Waals surface area contributed by atoms with E-state index in [9.17, 15) is 8.42 Å². The second kappa shape index (κ2) is 7.15. The van der Waals surface area contributed by atoms with E-state index in [-0.39, 0.29) is 0 Å². The Kier molecular flexibility index (Phi) is 6.10. The summed E-state index contributed by atoms with van der Waals surface area (Å²) >= 11 is 4.84. The third-order valence-corrected chi connectivity index (χ3v) is 5.05.